The van der Waals surface area contributed by atoms with Crippen LogP contribution in [0.4, 0.5) is 5.69 Å². The van der Waals surface area contributed by atoms with E-state index in [9.17, 15) is 14.7 Å². The molecule has 0 aliphatic carbocycles. The Hall–Kier alpha value is -3.35. The van der Waals surface area contributed by atoms with Crippen molar-refractivity contribution in [1.29, 1.82) is 0 Å². The number of rotatable bonds is 7. The van der Waals surface area contributed by atoms with Gasteiger partial charge in [-0.2, -0.15) is 0 Å². The lowest BCUT2D eigenvalue weighted by Crippen LogP contribution is -2.52. The molecular weight excluding hydrogens is 416 g/mol. The summed E-state index contributed by atoms with van der Waals surface area (Å²) in [7, 11) is 0. The first kappa shape index (κ1) is 20.9. The minimum Gasteiger partial charge on any atom is -0.480 e. The Bertz CT molecular complexity index is 1070. The minimum atomic E-state index is -1.00. The van der Waals surface area contributed by atoms with Gasteiger partial charge in [0, 0.05) is 10.7 Å². The number of nitrogens with one attached hydrogen (secondary N) is 2. The Balaban J connectivity index is 1.66. The summed E-state index contributed by atoms with van der Waals surface area (Å²) >= 11 is 5.95. The zero-order chi connectivity index (χ0) is 21.8. The van der Waals surface area contributed by atoms with Gasteiger partial charge in [-0.05, 0) is 47.9 Å². The van der Waals surface area contributed by atoms with Crippen molar-refractivity contribution in [2.75, 3.05) is 5.32 Å². The minimum absolute atomic E-state index is 0.268. The van der Waals surface area contributed by atoms with Crippen molar-refractivity contribution < 1.29 is 19.4 Å². The predicted octanol–water partition coefficient (Wildman–Crippen LogP) is 4.07. The van der Waals surface area contributed by atoms with E-state index in [4.69, 9.17) is 16.3 Å². The highest BCUT2D eigenvalue weighted by Crippen LogP contribution is 2.33. The molecule has 7 heteroatoms. The molecule has 4 rings (SSSR count). The number of carboxylic acids is 1. The van der Waals surface area contributed by atoms with E-state index in [0.29, 0.717) is 16.5 Å². The Morgan fingerprint density at radius 3 is 2.42 bits per heavy atom. The smallest absolute Gasteiger partial charge is 0.321 e. The molecular formula is C24H21ClN2O4. The van der Waals surface area contributed by atoms with Gasteiger partial charge in [0.25, 0.3) is 5.91 Å². The van der Waals surface area contributed by atoms with Crippen LogP contribution in [0.1, 0.15) is 17.2 Å². The molecule has 0 saturated heterocycles. The summed E-state index contributed by atoms with van der Waals surface area (Å²) < 4.78 is 6.00. The molecule has 1 heterocycles. The lowest BCUT2D eigenvalue weighted by molar-refractivity contribution is -0.140. The third-order valence-electron chi connectivity index (χ3n) is 5.15. The summed E-state index contributed by atoms with van der Waals surface area (Å²) in [5.74, 6) is -0.891. The molecule has 158 valence electrons. The first-order valence-corrected chi connectivity index (χ1v) is 10.2. The molecule has 3 N–H and O–H groups in total. The van der Waals surface area contributed by atoms with Gasteiger partial charge in [0.15, 0.2) is 6.10 Å². The van der Waals surface area contributed by atoms with Crippen molar-refractivity contribution in [3.63, 3.8) is 0 Å². The Kier molecular flexibility index (Phi) is 6.21. The molecule has 0 bridgehead atoms. The molecule has 1 amide bonds. The van der Waals surface area contributed by atoms with Gasteiger partial charge in [0.1, 0.15) is 11.8 Å². The number of halogens is 1. The van der Waals surface area contributed by atoms with E-state index in [1.165, 1.54) is 0 Å². The van der Waals surface area contributed by atoms with Gasteiger partial charge in [-0.25, -0.2) is 0 Å². The predicted molar refractivity (Wildman–Crippen MR) is 118 cm³/mol. The topological polar surface area (TPSA) is 87.7 Å². The summed E-state index contributed by atoms with van der Waals surface area (Å²) in [5.41, 5.74) is 2.27. The first-order valence-electron chi connectivity index (χ1n) is 9.86. The maximum Gasteiger partial charge on any atom is 0.321 e. The van der Waals surface area contributed by atoms with Crippen LogP contribution in [-0.4, -0.2) is 29.1 Å². The van der Waals surface area contributed by atoms with Crippen LogP contribution in [0.15, 0.2) is 78.9 Å². The van der Waals surface area contributed by atoms with Gasteiger partial charge >= 0.3 is 5.97 Å². The van der Waals surface area contributed by atoms with Crippen molar-refractivity contribution in [2.45, 2.75) is 24.6 Å². The average Bonchev–Trinajstić information content (AvgIpc) is 2.77. The third kappa shape index (κ3) is 4.87. The van der Waals surface area contributed by atoms with Crippen LogP contribution < -0.4 is 15.4 Å². The molecule has 6 nitrogen and oxygen atoms in total. The van der Waals surface area contributed by atoms with E-state index < -0.39 is 24.2 Å². The summed E-state index contributed by atoms with van der Waals surface area (Å²) in [6.07, 6.45) is -0.696. The Labute approximate surface area is 184 Å². The fourth-order valence-electron chi connectivity index (χ4n) is 3.64. The quantitative estimate of drug-likeness (QED) is 0.519. The number of carboxylic acid groups (broad SMARTS) is 1. The van der Waals surface area contributed by atoms with Gasteiger partial charge in [-0.15, -0.1) is 0 Å². The van der Waals surface area contributed by atoms with Gasteiger partial charge in [-0.3, -0.25) is 14.9 Å². The molecule has 3 unspecified atom stereocenters. The van der Waals surface area contributed by atoms with E-state index in [1.54, 1.807) is 30.3 Å². The molecule has 0 radical (unpaired) electrons. The summed E-state index contributed by atoms with van der Waals surface area (Å²) in [4.78, 5) is 25.0. The second-order valence-corrected chi connectivity index (χ2v) is 7.73. The standard InChI is InChI=1S/C24H21ClN2O4/c25-16-10-12-17(13-11-16)31-22-21(18-8-4-5-9-19(18)27-23(22)28)26-20(24(29)30)14-15-6-2-1-3-7-15/h1-13,20-22,26H,14H2,(H,27,28)(H,29,30). The van der Waals surface area contributed by atoms with E-state index in [2.05, 4.69) is 10.6 Å². The molecule has 3 aromatic carbocycles. The summed E-state index contributed by atoms with van der Waals surface area (Å²) in [6, 6.07) is 21.8. The maximum absolute atomic E-state index is 12.9. The highest BCUT2D eigenvalue weighted by molar-refractivity contribution is 6.30. The second-order valence-electron chi connectivity index (χ2n) is 7.29. The molecule has 3 aromatic rings. The van der Waals surface area contributed by atoms with Crippen molar-refractivity contribution in [2.24, 2.45) is 0 Å². The average molecular weight is 437 g/mol. The third-order valence-corrected chi connectivity index (χ3v) is 5.41. The van der Waals surface area contributed by atoms with E-state index >= 15 is 0 Å². The van der Waals surface area contributed by atoms with E-state index in [0.717, 1.165) is 11.1 Å². The van der Waals surface area contributed by atoms with Crippen LogP contribution in [0.5, 0.6) is 5.75 Å². The van der Waals surface area contributed by atoms with Crippen molar-refractivity contribution >= 4 is 29.2 Å². The molecule has 1 aliphatic heterocycles. The molecule has 0 aromatic heterocycles. The SMILES string of the molecule is O=C(O)C(Cc1ccccc1)NC1c2ccccc2NC(=O)C1Oc1ccc(Cl)cc1. The van der Waals surface area contributed by atoms with Gasteiger partial charge in [0.2, 0.25) is 0 Å². The van der Waals surface area contributed by atoms with Crippen LogP contribution >= 0.6 is 11.6 Å². The van der Waals surface area contributed by atoms with E-state index in [-0.39, 0.29) is 12.3 Å². The highest BCUT2D eigenvalue weighted by Gasteiger charge is 2.39. The number of hydrogen-bond acceptors (Lipinski definition) is 4. The lowest BCUT2D eigenvalue weighted by Gasteiger charge is -2.35. The number of hydrogen-bond donors (Lipinski definition) is 3. The summed E-state index contributed by atoms with van der Waals surface area (Å²) in [5, 5.41) is 16.4. The molecule has 0 spiro atoms. The number of para-hydroxylation sites is 1. The van der Waals surface area contributed by atoms with Gasteiger partial charge < -0.3 is 15.2 Å². The van der Waals surface area contributed by atoms with Crippen LogP contribution in [0, 0.1) is 0 Å². The number of fused-ring (bicyclic) bond motifs is 1. The molecule has 0 fully saturated rings. The van der Waals surface area contributed by atoms with E-state index in [1.807, 2.05) is 48.5 Å². The number of anilines is 1. The molecule has 1 aliphatic rings. The first-order chi connectivity index (χ1) is 15.0. The van der Waals surface area contributed by atoms with Gasteiger partial charge in [0.05, 0.1) is 6.04 Å². The van der Waals surface area contributed by atoms with Crippen LogP contribution in [0.3, 0.4) is 0 Å². The number of carbonyl (C=O) groups excluding carboxylic acids is 1. The summed E-state index contributed by atoms with van der Waals surface area (Å²) in [6.45, 7) is 0. The molecule has 31 heavy (non-hydrogen) atoms. The monoisotopic (exact) mass is 436 g/mol. The highest BCUT2D eigenvalue weighted by atomic mass is 35.5. The number of benzene rings is 3. The zero-order valence-electron chi connectivity index (χ0n) is 16.5. The van der Waals surface area contributed by atoms with Crippen LogP contribution in [0.25, 0.3) is 0 Å². The van der Waals surface area contributed by atoms with Crippen molar-refractivity contribution in [3.05, 3.63) is 95.0 Å². The largest absolute Gasteiger partial charge is 0.480 e. The van der Waals surface area contributed by atoms with Crippen molar-refractivity contribution in [3.8, 4) is 5.75 Å². The molecule has 0 saturated carbocycles. The number of amides is 1. The second kappa shape index (κ2) is 9.20. The Morgan fingerprint density at radius 1 is 1.03 bits per heavy atom. The van der Waals surface area contributed by atoms with Crippen LogP contribution in [0.2, 0.25) is 5.02 Å². The van der Waals surface area contributed by atoms with Crippen molar-refractivity contribution in [1.82, 2.24) is 5.32 Å². The van der Waals surface area contributed by atoms with Gasteiger partial charge in [-0.1, -0.05) is 60.1 Å². The van der Waals surface area contributed by atoms with Crippen LogP contribution in [-0.2, 0) is 16.0 Å². The number of aliphatic carboxylic acids is 1. The normalized spacial score (nSPS) is 18.5. The fourth-order valence-corrected chi connectivity index (χ4v) is 3.77. The molecule has 3 atom stereocenters. The lowest BCUT2D eigenvalue weighted by atomic mass is 9.93. The number of ether oxygens (including phenoxy) is 1. The maximum atomic E-state index is 12.9. The number of carbonyl (C=O) groups is 2. The fraction of sp³-hybridized carbons (Fsp3) is 0.167. The Morgan fingerprint density at radius 2 is 1.71 bits per heavy atom. The zero-order valence-corrected chi connectivity index (χ0v) is 17.3.